The van der Waals surface area contributed by atoms with E-state index in [0.29, 0.717) is 0 Å². The van der Waals surface area contributed by atoms with Gasteiger partial charge in [-0.1, -0.05) is 0 Å². The number of hydrogen-bond donors (Lipinski definition) is 0. The molecule has 0 rings (SSSR count). The van der Waals surface area contributed by atoms with Crippen molar-refractivity contribution in [1.29, 1.82) is 0 Å². The van der Waals surface area contributed by atoms with E-state index >= 15 is 0 Å². The van der Waals surface area contributed by atoms with Crippen LogP contribution in [0.1, 0.15) is 0 Å². The highest BCUT2D eigenvalue weighted by atomic mass is 19.4. The van der Waals surface area contributed by atoms with Crippen molar-refractivity contribution >= 4 is 12.1 Å². The number of hydrogen-bond acceptors (Lipinski definition) is 2. The van der Waals surface area contributed by atoms with Gasteiger partial charge in [-0.15, -0.1) is 0 Å². The minimum absolute atomic E-state index is 4.78. The summed E-state index contributed by atoms with van der Waals surface area (Å²) >= 11 is 0. The van der Waals surface area contributed by atoms with Crippen LogP contribution in [0.2, 0.25) is 0 Å². The van der Waals surface area contributed by atoms with Crippen molar-refractivity contribution in [2.45, 2.75) is 24.2 Å². The zero-order valence-corrected chi connectivity index (χ0v) is 8.85. The second-order valence-corrected chi connectivity index (χ2v) is 3.44. The first-order chi connectivity index (χ1) is 8.89. The SMILES string of the molecule is O=C(F)C(F)(F)C(C(F)(F)F)(C(F)(F)F)C(F)(F)C(=O)F. The van der Waals surface area contributed by atoms with Gasteiger partial charge in [-0.25, -0.2) is 0 Å². The van der Waals surface area contributed by atoms with Crippen molar-refractivity contribution in [1.82, 2.24) is 0 Å². The summed E-state index contributed by atoms with van der Waals surface area (Å²) < 4.78 is 148. The molecule has 0 fully saturated rings. The fourth-order valence-corrected chi connectivity index (χ4v) is 1.36. The van der Waals surface area contributed by atoms with Gasteiger partial charge in [0.15, 0.2) is 0 Å². The minimum atomic E-state index is -7.91. The molecule has 0 saturated carbocycles. The molecule has 0 aromatic rings. The highest BCUT2D eigenvalue weighted by Crippen LogP contribution is 2.66. The molecule has 21 heavy (non-hydrogen) atoms. The van der Waals surface area contributed by atoms with Crippen molar-refractivity contribution in [3.05, 3.63) is 0 Å². The second-order valence-electron chi connectivity index (χ2n) is 3.44. The Morgan fingerprint density at radius 1 is 0.524 bits per heavy atom. The third kappa shape index (κ3) is 2.33. The maximum absolute atomic E-state index is 12.8. The van der Waals surface area contributed by atoms with E-state index in [-0.39, 0.29) is 0 Å². The van der Waals surface area contributed by atoms with Crippen LogP contribution < -0.4 is 0 Å². The van der Waals surface area contributed by atoms with Crippen LogP contribution in [0.5, 0.6) is 0 Å². The predicted octanol–water partition coefficient (Wildman–Crippen LogP) is 3.36. The molecule has 0 atom stereocenters. The van der Waals surface area contributed by atoms with Crippen LogP contribution in [-0.4, -0.2) is 36.3 Å². The van der Waals surface area contributed by atoms with Gasteiger partial charge in [0, 0.05) is 0 Å². The van der Waals surface area contributed by atoms with E-state index in [2.05, 4.69) is 0 Å². The van der Waals surface area contributed by atoms with Gasteiger partial charge in [0.25, 0.3) is 0 Å². The lowest BCUT2D eigenvalue weighted by Gasteiger charge is -2.42. The Hall–Kier alpha value is -1.50. The van der Waals surface area contributed by atoms with E-state index < -0.39 is 41.7 Å². The summed E-state index contributed by atoms with van der Waals surface area (Å²) in [6.45, 7) is 0. The van der Waals surface area contributed by atoms with Gasteiger partial charge in [-0.3, -0.25) is 9.59 Å². The standard InChI is InChI=1S/C7F12O2/c8-1(20)3(10,11)5(6(14,15)16,7(17,18)19)4(12,13)2(9)21. The number of alkyl halides is 10. The molecule has 0 aromatic carbocycles. The zero-order valence-electron chi connectivity index (χ0n) is 8.85. The van der Waals surface area contributed by atoms with Crippen molar-refractivity contribution in [2.24, 2.45) is 5.41 Å². The summed E-state index contributed by atoms with van der Waals surface area (Å²) in [6, 6.07) is -9.56. The average Bonchev–Trinajstić information content (AvgIpc) is 2.10. The lowest BCUT2D eigenvalue weighted by Crippen LogP contribution is -2.73. The topological polar surface area (TPSA) is 34.1 Å². The molecule has 0 aliphatic rings. The number of halogens is 12. The molecule has 0 saturated heterocycles. The Kier molecular flexibility index (Phi) is 4.42. The van der Waals surface area contributed by atoms with Crippen molar-refractivity contribution in [3.8, 4) is 0 Å². The first kappa shape index (κ1) is 19.5. The molecular formula is C7F12O2. The van der Waals surface area contributed by atoms with Crippen molar-refractivity contribution in [2.75, 3.05) is 0 Å². The minimum Gasteiger partial charge on any atom is -0.254 e. The Morgan fingerprint density at radius 3 is 0.810 bits per heavy atom. The lowest BCUT2D eigenvalue weighted by molar-refractivity contribution is -0.437. The molecule has 0 unspecified atom stereocenters. The maximum atomic E-state index is 12.8. The van der Waals surface area contributed by atoms with Crippen LogP contribution in [0.4, 0.5) is 52.7 Å². The molecule has 0 aliphatic carbocycles. The maximum Gasteiger partial charge on any atom is 0.416 e. The number of carbonyl (C=O) groups excluding carboxylic acids is 2. The molecule has 2 nitrogen and oxygen atoms in total. The molecule has 0 spiro atoms. The predicted molar refractivity (Wildman–Crippen MR) is 36.7 cm³/mol. The second kappa shape index (κ2) is 4.76. The summed E-state index contributed by atoms with van der Waals surface area (Å²) in [4.78, 5) is 19.4. The fourth-order valence-electron chi connectivity index (χ4n) is 1.36. The first-order valence-electron chi connectivity index (χ1n) is 4.18. The Labute approximate surface area is 105 Å². The molecular weight excluding hydrogens is 344 g/mol. The van der Waals surface area contributed by atoms with Crippen LogP contribution in [0, 0.1) is 5.41 Å². The molecule has 0 heterocycles. The van der Waals surface area contributed by atoms with Crippen LogP contribution >= 0.6 is 0 Å². The third-order valence-electron chi connectivity index (χ3n) is 2.29. The molecule has 0 aromatic heterocycles. The Bertz CT molecular complexity index is 402. The van der Waals surface area contributed by atoms with Gasteiger partial charge < -0.3 is 0 Å². The molecule has 0 bridgehead atoms. The van der Waals surface area contributed by atoms with Crippen molar-refractivity contribution in [3.63, 3.8) is 0 Å². The third-order valence-corrected chi connectivity index (χ3v) is 2.29. The highest BCUT2D eigenvalue weighted by molar-refractivity contribution is 5.84. The smallest absolute Gasteiger partial charge is 0.254 e. The van der Waals surface area contributed by atoms with E-state index in [4.69, 9.17) is 0 Å². The monoisotopic (exact) mass is 344 g/mol. The van der Waals surface area contributed by atoms with Crippen LogP contribution in [-0.2, 0) is 9.59 Å². The first-order valence-corrected chi connectivity index (χ1v) is 4.18. The van der Waals surface area contributed by atoms with Gasteiger partial charge in [0.05, 0.1) is 0 Å². The number of carbonyl (C=O) groups is 2. The van der Waals surface area contributed by atoms with Crippen LogP contribution in [0.25, 0.3) is 0 Å². The van der Waals surface area contributed by atoms with Gasteiger partial charge in [0.1, 0.15) is 0 Å². The zero-order chi connectivity index (χ0) is 17.7. The van der Waals surface area contributed by atoms with Gasteiger partial charge in [-0.2, -0.15) is 52.7 Å². The summed E-state index contributed by atoms with van der Waals surface area (Å²) in [5.41, 5.74) is -7.91. The molecule has 0 amide bonds. The average molecular weight is 344 g/mol. The molecule has 0 radical (unpaired) electrons. The molecule has 14 heteroatoms. The van der Waals surface area contributed by atoms with Crippen LogP contribution in [0.15, 0.2) is 0 Å². The molecule has 124 valence electrons. The quantitative estimate of drug-likeness (QED) is 0.579. The van der Waals surface area contributed by atoms with Gasteiger partial charge in [0.2, 0.25) is 0 Å². The summed E-state index contributed by atoms with van der Waals surface area (Å²) in [7, 11) is 0. The summed E-state index contributed by atoms with van der Waals surface area (Å²) in [6.07, 6.45) is -15.6. The molecule has 0 N–H and O–H groups in total. The fraction of sp³-hybridized carbons (Fsp3) is 0.714. The van der Waals surface area contributed by atoms with E-state index in [1.807, 2.05) is 0 Å². The Balaban J connectivity index is 7.07. The largest absolute Gasteiger partial charge is 0.416 e. The van der Waals surface area contributed by atoms with E-state index in [1.165, 1.54) is 0 Å². The van der Waals surface area contributed by atoms with Gasteiger partial charge >= 0.3 is 41.7 Å². The van der Waals surface area contributed by atoms with Crippen LogP contribution in [0.3, 0.4) is 0 Å². The van der Waals surface area contributed by atoms with E-state index in [0.717, 1.165) is 0 Å². The number of rotatable bonds is 4. The summed E-state index contributed by atoms with van der Waals surface area (Å²) in [5, 5.41) is 0. The summed E-state index contributed by atoms with van der Waals surface area (Å²) in [5.74, 6) is -15.0. The lowest BCUT2D eigenvalue weighted by atomic mass is 9.73. The Morgan fingerprint density at radius 2 is 0.714 bits per heavy atom. The van der Waals surface area contributed by atoms with Crippen molar-refractivity contribution < 1.29 is 62.3 Å². The highest BCUT2D eigenvalue weighted by Gasteiger charge is 2.96. The van der Waals surface area contributed by atoms with E-state index in [9.17, 15) is 62.3 Å². The van der Waals surface area contributed by atoms with E-state index in [1.54, 1.807) is 0 Å². The normalized spacial score (nSPS) is 15.0. The molecule has 0 aliphatic heterocycles. The van der Waals surface area contributed by atoms with Gasteiger partial charge in [-0.05, 0) is 0 Å².